The van der Waals surface area contributed by atoms with E-state index in [-0.39, 0.29) is 5.69 Å². The number of phenols is 2. The molecule has 3 aromatic rings. The predicted octanol–water partition coefficient (Wildman–Crippen LogP) is 1.38. The summed E-state index contributed by atoms with van der Waals surface area (Å²) in [7, 11) is -15.1. The van der Waals surface area contributed by atoms with E-state index in [1.54, 1.807) is 0 Å². The van der Waals surface area contributed by atoms with Crippen LogP contribution in [0.15, 0.2) is 67.4 Å². The fourth-order valence-corrected chi connectivity index (χ4v) is 4.30. The SMILES string of the molecule is O=S(=O)([O-])c1ccc(N=Nc2c(S(=O)(=O)[O-])cc3cc(S(=O)(=O)[O-])cc(O)c3c2O)cc1. The van der Waals surface area contributed by atoms with E-state index in [1.165, 1.54) is 0 Å². The first kappa shape index (κ1) is 23.5. The van der Waals surface area contributed by atoms with Crippen LogP contribution in [-0.2, 0) is 30.4 Å². The number of fused-ring (bicyclic) bond motifs is 1. The molecule has 16 heteroatoms. The Morgan fingerprint density at radius 2 is 1.25 bits per heavy atom. The summed E-state index contributed by atoms with van der Waals surface area (Å²) in [5, 5.41) is 26.5. The van der Waals surface area contributed by atoms with E-state index in [0.717, 1.165) is 24.3 Å². The molecule has 0 bridgehead atoms. The number of azo groups is 1. The topological polar surface area (TPSA) is 237 Å². The van der Waals surface area contributed by atoms with Gasteiger partial charge in [-0.2, -0.15) is 5.11 Å². The Hall–Kier alpha value is -3.15. The quantitative estimate of drug-likeness (QED) is 0.374. The van der Waals surface area contributed by atoms with Gasteiger partial charge in [-0.25, -0.2) is 25.3 Å². The molecule has 170 valence electrons. The van der Waals surface area contributed by atoms with Crippen LogP contribution in [-0.4, -0.2) is 49.1 Å². The number of nitrogens with zero attached hydrogens (tertiary/aromatic N) is 2. The summed E-state index contributed by atoms with van der Waals surface area (Å²) >= 11 is 0. The zero-order valence-corrected chi connectivity index (χ0v) is 17.7. The maximum absolute atomic E-state index is 11.7. The summed E-state index contributed by atoms with van der Waals surface area (Å²) in [4.78, 5) is -2.68. The number of benzene rings is 3. The van der Waals surface area contributed by atoms with Gasteiger partial charge in [0, 0.05) is 0 Å². The molecule has 0 saturated heterocycles. The molecule has 0 spiro atoms. The summed E-state index contributed by atoms with van der Waals surface area (Å²) < 4.78 is 101. The molecule has 0 radical (unpaired) electrons. The van der Waals surface area contributed by atoms with Crippen LogP contribution in [0.1, 0.15) is 0 Å². The summed E-state index contributed by atoms with van der Waals surface area (Å²) in [6.07, 6.45) is 0. The fraction of sp³-hybridized carbons (Fsp3) is 0. The minimum atomic E-state index is -5.33. The van der Waals surface area contributed by atoms with Crippen molar-refractivity contribution < 1.29 is 49.1 Å². The average Bonchev–Trinajstić information content (AvgIpc) is 2.64. The van der Waals surface area contributed by atoms with Crippen molar-refractivity contribution in [2.75, 3.05) is 0 Å². The Kier molecular flexibility index (Phi) is 5.71. The molecule has 32 heavy (non-hydrogen) atoms. The lowest BCUT2D eigenvalue weighted by Gasteiger charge is -2.16. The minimum absolute atomic E-state index is 0.108. The Morgan fingerprint density at radius 1 is 0.688 bits per heavy atom. The number of hydrogen-bond acceptors (Lipinski definition) is 13. The van der Waals surface area contributed by atoms with Crippen LogP contribution in [0.3, 0.4) is 0 Å². The van der Waals surface area contributed by atoms with Gasteiger partial charge in [-0.15, -0.1) is 5.11 Å². The number of rotatable bonds is 5. The third-order valence-electron chi connectivity index (χ3n) is 4.05. The van der Waals surface area contributed by atoms with Gasteiger partial charge in [0.25, 0.3) is 0 Å². The second kappa shape index (κ2) is 7.76. The minimum Gasteiger partial charge on any atom is -0.744 e. The Bertz CT molecular complexity index is 1590. The predicted molar refractivity (Wildman–Crippen MR) is 102 cm³/mol. The van der Waals surface area contributed by atoms with Crippen molar-refractivity contribution in [3.63, 3.8) is 0 Å². The van der Waals surface area contributed by atoms with Gasteiger partial charge in [0.1, 0.15) is 41.8 Å². The van der Waals surface area contributed by atoms with Gasteiger partial charge < -0.3 is 23.9 Å². The second-order valence-corrected chi connectivity index (χ2v) is 10.3. The van der Waals surface area contributed by atoms with Crippen LogP contribution in [0.4, 0.5) is 11.4 Å². The van der Waals surface area contributed by atoms with E-state index in [1.807, 2.05) is 0 Å². The monoisotopic (exact) mass is 501 g/mol. The molecule has 0 atom stereocenters. The van der Waals surface area contributed by atoms with Gasteiger partial charge in [0.2, 0.25) is 0 Å². The van der Waals surface area contributed by atoms with Crippen LogP contribution in [0.5, 0.6) is 11.5 Å². The normalized spacial score (nSPS) is 13.1. The van der Waals surface area contributed by atoms with Crippen LogP contribution >= 0.6 is 0 Å². The molecule has 2 N–H and O–H groups in total. The van der Waals surface area contributed by atoms with Crippen molar-refractivity contribution in [3.05, 3.63) is 42.5 Å². The molecule has 0 unspecified atom stereocenters. The molecule has 0 aliphatic heterocycles. The molecule has 3 rings (SSSR count). The molecule has 0 fully saturated rings. The lowest BCUT2D eigenvalue weighted by atomic mass is 10.1. The van der Waals surface area contributed by atoms with Gasteiger partial charge in [0.15, 0.2) is 5.75 Å². The summed E-state index contributed by atoms with van der Waals surface area (Å²) in [5.74, 6) is -1.99. The van der Waals surface area contributed by atoms with Gasteiger partial charge in [-0.1, -0.05) is 0 Å². The van der Waals surface area contributed by atoms with Gasteiger partial charge in [-0.3, -0.25) is 0 Å². The van der Waals surface area contributed by atoms with Crippen molar-refractivity contribution in [1.29, 1.82) is 0 Å². The van der Waals surface area contributed by atoms with Crippen LogP contribution in [0, 0.1) is 0 Å². The summed E-state index contributed by atoms with van der Waals surface area (Å²) in [6, 6.07) is 5.58. The third-order valence-corrected chi connectivity index (χ3v) is 6.56. The van der Waals surface area contributed by atoms with E-state index >= 15 is 0 Å². The standard InChI is InChI=1S/C16H12N2O11S3/c19-12-7-11(31(24,25)26)5-8-6-13(32(27,28)29)15(16(20)14(8)12)18-17-9-1-3-10(4-2-9)30(21,22)23/h1-7,19-20H,(H,21,22,23)(H,24,25,26)(H,27,28,29)/p-3. The largest absolute Gasteiger partial charge is 0.744 e. The first-order valence-corrected chi connectivity index (χ1v) is 12.2. The van der Waals surface area contributed by atoms with Crippen LogP contribution in [0.25, 0.3) is 10.8 Å². The molecule has 3 aromatic carbocycles. The van der Waals surface area contributed by atoms with Gasteiger partial charge in [0.05, 0.1) is 25.8 Å². The van der Waals surface area contributed by atoms with Crippen molar-refractivity contribution >= 4 is 52.5 Å². The van der Waals surface area contributed by atoms with Gasteiger partial charge in [-0.05, 0) is 47.9 Å². The number of phenolic OH excluding ortho intramolecular Hbond substituents is 2. The summed E-state index contributed by atoms with van der Waals surface area (Å²) in [5.41, 5.74) is -1.02. The van der Waals surface area contributed by atoms with Crippen LogP contribution < -0.4 is 0 Å². The Balaban J connectivity index is 2.25. The van der Waals surface area contributed by atoms with Crippen molar-refractivity contribution in [1.82, 2.24) is 0 Å². The first-order chi connectivity index (χ1) is 14.6. The summed E-state index contributed by atoms with van der Waals surface area (Å²) in [6.45, 7) is 0. The smallest absolute Gasteiger partial charge is 0.155 e. The second-order valence-electron chi connectivity index (χ2n) is 6.17. The molecular weight excluding hydrogens is 492 g/mol. The molecule has 0 amide bonds. The molecule has 0 heterocycles. The first-order valence-electron chi connectivity index (χ1n) is 8.01. The highest BCUT2D eigenvalue weighted by Gasteiger charge is 2.21. The van der Waals surface area contributed by atoms with Crippen LogP contribution in [0.2, 0.25) is 0 Å². The van der Waals surface area contributed by atoms with Crippen molar-refractivity contribution in [3.8, 4) is 11.5 Å². The molecular formula is C16H9N2O11S3-3. The molecule has 0 saturated carbocycles. The zero-order chi connectivity index (χ0) is 24.1. The lowest BCUT2D eigenvalue weighted by Crippen LogP contribution is -2.01. The van der Waals surface area contributed by atoms with E-state index in [4.69, 9.17) is 0 Å². The Morgan fingerprint density at radius 3 is 1.75 bits per heavy atom. The van der Waals surface area contributed by atoms with Crippen molar-refractivity contribution in [2.24, 2.45) is 10.2 Å². The van der Waals surface area contributed by atoms with E-state index < -0.39 is 73.0 Å². The van der Waals surface area contributed by atoms with E-state index in [2.05, 4.69) is 10.2 Å². The Labute approximate surface area is 180 Å². The van der Waals surface area contributed by atoms with E-state index in [9.17, 15) is 49.1 Å². The van der Waals surface area contributed by atoms with E-state index in [0.29, 0.717) is 18.2 Å². The zero-order valence-electron chi connectivity index (χ0n) is 15.2. The molecule has 0 aliphatic rings. The average molecular weight is 501 g/mol. The molecule has 0 aliphatic carbocycles. The number of aromatic hydroxyl groups is 2. The highest BCUT2D eigenvalue weighted by atomic mass is 32.2. The molecule has 0 aromatic heterocycles. The molecule has 13 nitrogen and oxygen atoms in total. The highest BCUT2D eigenvalue weighted by Crippen LogP contribution is 2.45. The lowest BCUT2D eigenvalue weighted by molar-refractivity contribution is 0.451. The van der Waals surface area contributed by atoms with Gasteiger partial charge >= 0.3 is 0 Å². The maximum atomic E-state index is 11.7. The third kappa shape index (κ3) is 4.69. The number of hydrogen-bond donors (Lipinski definition) is 2. The maximum Gasteiger partial charge on any atom is 0.155 e. The van der Waals surface area contributed by atoms with Crippen molar-refractivity contribution in [2.45, 2.75) is 14.7 Å². The fourth-order valence-electron chi connectivity index (χ4n) is 2.66. The highest BCUT2D eigenvalue weighted by molar-refractivity contribution is 7.86.